The van der Waals surface area contributed by atoms with Gasteiger partial charge in [-0.2, -0.15) is 0 Å². The van der Waals surface area contributed by atoms with Crippen LogP contribution in [0.3, 0.4) is 0 Å². The molecule has 1 N–H and O–H groups in total. The summed E-state index contributed by atoms with van der Waals surface area (Å²) in [6.45, 7) is 1.68. The van der Waals surface area contributed by atoms with Gasteiger partial charge in [0.2, 0.25) is 0 Å². The molecule has 9 heteroatoms. The Labute approximate surface area is 110 Å². The van der Waals surface area contributed by atoms with Crippen molar-refractivity contribution in [3.05, 3.63) is 27.2 Å². The van der Waals surface area contributed by atoms with Crippen LogP contribution in [0, 0.1) is 6.92 Å². The van der Waals surface area contributed by atoms with Gasteiger partial charge in [-0.15, -0.1) is 5.10 Å². The average molecular weight is 290 g/mol. The van der Waals surface area contributed by atoms with Gasteiger partial charge in [0.25, 0.3) is 5.91 Å². The second-order valence-corrected chi connectivity index (χ2v) is 4.44. The SMILES string of the molecule is Cc1nnsc1C(=O)Nc1c(Cl)ncnc1Cl. The van der Waals surface area contributed by atoms with Gasteiger partial charge in [-0.1, -0.05) is 27.7 Å². The molecule has 2 rings (SSSR count). The quantitative estimate of drug-likeness (QED) is 0.857. The number of rotatable bonds is 2. The first-order valence-electron chi connectivity index (χ1n) is 4.36. The Bertz CT molecular complexity index is 553. The van der Waals surface area contributed by atoms with Gasteiger partial charge in [-0.05, 0) is 18.5 Å². The van der Waals surface area contributed by atoms with Crippen molar-refractivity contribution in [2.24, 2.45) is 0 Å². The molecule has 2 aromatic heterocycles. The second-order valence-electron chi connectivity index (χ2n) is 2.97. The van der Waals surface area contributed by atoms with E-state index in [1.165, 1.54) is 6.33 Å². The molecular weight excluding hydrogens is 285 g/mol. The molecule has 0 atom stereocenters. The third-order valence-electron chi connectivity index (χ3n) is 1.85. The van der Waals surface area contributed by atoms with Gasteiger partial charge in [0.15, 0.2) is 10.3 Å². The number of hydrogen-bond acceptors (Lipinski definition) is 6. The maximum Gasteiger partial charge on any atom is 0.269 e. The van der Waals surface area contributed by atoms with Crippen molar-refractivity contribution in [2.75, 3.05) is 5.32 Å². The number of aryl methyl sites for hydroxylation is 1. The van der Waals surface area contributed by atoms with Crippen molar-refractivity contribution < 1.29 is 4.79 Å². The molecule has 2 heterocycles. The zero-order chi connectivity index (χ0) is 12.4. The first kappa shape index (κ1) is 12.2. The highest BCUT2D eigenvalue weighted by Gasteiger charge is 2.17. The summed E-state index contributed by atoms with van der Waals surface area (Å²) >= 11 is 12.6. The highest BCUT2D eigenvalue weighted by molar-refractivity contribution is 7.08. The minimum atomic E-state index is -0.392. The Morgan fingerprint density at radius 3 is 2.53 bits per heavy atom. The first-order chi connectivity index (χ1) is 8.09. The van der Waals surface area contributed by atoms with Crippen LogP contribution in [0.5, 0.6) is 0 Å². The Kier molecular flexibility index (Phi) is 3.51. The van der Waals surface area contributed by atoms with E-state index in [0.29, 0.717) is 10.6 Å². The standard InChI is InChI=1S/C8H5Cl2N5OS/c1-3-5(17-15-14-3)8(16)13-4-6(9)11-2-12-7(4)10/h2H,1H3,(H,13,16). The first-order valence-corrected chi connectivity index (χ1v) is 5.89. The number of halogens is 2. The van der Waals surface area contributed by atoms with E-state index in [2.05, 4.69) is 24.9 Å². The molecule has 0 fully saturated rings. The maximum atomic E-state index is 11.8. The summed E-state index contributed by atoms with van der Waals surface area (Å²) in [5.74, 6) is -0.392. The van der Waals surface area contributed by atoms with Crippen LogP contribution < -0.4 is 5.32 Å². The molecule has 17 heavy (non-hydrogen) atoms. The number of aromatic nitrogens is 4. The molecule has 0 radical (unpaired) electrons. The minimum Gasteiger partial charge on any atom is -0.316 e. The summed E-state index contributed by atoms with van der Waals surface area (Å²) in [6.07, 6.45) is 1.21. The molecule has 1 amide bonds. The van der Waals surface area contributed by atoms with E-state index in [9.17, 15) is 4.79 Å². The molecule has 0 aliphatic carbocycles. The van der Waals surface area contributed by atoms with Crippen molar-refractivity contribution in [3.8, 4) is 0 Å². The Morgan fingerprint density at radius 1 is 1.35 bits per heavy atom. The van der Waals surface area contributed by atoms with E-state index >= 15 is 0 Å². The second kappa shape index (κ2) is 4.91. The van der Waals surface area contributed by atoms with Crippen molar-refractivity contribution in [1.29, 1.82) is 0 Å². The van der Waals surface area contributed by atoms with Crippen LogP contribution in [0.25, 0.3) is 0 Å². The van der Waals surface area contributed by atoms with Crippen LogP contribution in [0.2, 0.25) is 10.3 Å². The number of hydrogen-bond donors (Lipinski definition) is 1. The average Bonchev–Trinajstić information content (AvgIpc) is 2.70. The van der Waals surface area contributed by atoms with Crippen molar-refractivity contribution in [2.45, 2.75) is 6.92 Å². The van der Waals surface area contributed by atoms with Gasteiger partial charge >= 0.3 is 0 Å². The van der Waals surface area contributed by atoms with Gasteiger partial charge in [-0.3, -0.25) is 4.79 Å². The molecule has 0 saturated carbocycles. The lowest BCUT2D eigenvalue weighted by atomic mass is 10.3. The molecule has 2 aromatic rings. The lowest BCUT2D eigenvalue weighted by Crippen LogP contribution is -2.13. The Hall–Kier alpha value is -1.31. The van der Waals surface area contributed by atoms with Crippen LogP contribution in [0.1, 0.15) is 15.4 Å². The van der Waals surface area contributed by atoms with Crippen LogP contribution in [-0.4, -0.2) is 25.5 Å². The number of nitrogens with one attached hydrogen (secondary N) is 1. The minimum absolute atomic E-state index is 0.0773. The van der Waals surface area contributed by atoms with E-state index in [-0.39, 0.29) is 16.0 Å². The fraction of sp³-hybridized carbons (Fsp3) is 0.125. The number of nitrogens with zero attached hydrogens (tertiary/aromatic N) is 4. The lowest BCUT2D eigenvalue weighted by molar-refractivity contribution is 0.102. The number of anilines is 1. The zero-order valence-corrected chi connectivity index (χ0v) is 10.8. The Balaban J connectivity index is 2.28. The fourth-order valence-electron chi connectivity index (χ4n) is 1.06. The summed E-state index contributed by atoms with van der Waals surface area (Å²) in [4.78, 5) is 19.7. The van der Waals surface area contributed by atoms with Gasteiger partial charge in [-0.25, -0.2) is 9.97 Å². The van der Waals surface area contributed by atoms with E-state index in [1.54, 1.807) is 6.92 Å². The predicted molar refractivity (Wildman–Crippen MR) is 64.7 cm³/mol. The van der Waals surface area contributed by atoms with E-state index in [4.69, 9.17) is 23.2 Å². The molecule has 0 bridgehead atoms. The fourth-order valence-corrected chi connectivity index (χ4v) is 2.02. The van der Waals surface area contributed by atoms with Crippen molar-refractivity contribution in [1.82, 2.24) is 19.6 Å². The van der Waals surface area contributed by atoms with E-state index < -0.39 is 5.91 Å². The lowest BCUT2D eigenvalue weighted by Gasteiger charge is -2.05. The van der Waals surface area contributed by atoms with Gasteiger partial charge < -0.3 is 5.32 Å². The van der Waals surface area contributed by atoms with Crippen molar-refractivity contribution in [3.63, 3.8) is 0 Å². The molecule has 0 aliphatic heterocycles. The van der Waals surface area contributed by atoms with Crippen LogP contribution in [-0.2, 0) is 0 Å². The number of carbonyl (C=O) groups excluding carboxylic acids is 1. The van der Waals surface area contributed by atoms with E-state index in [1.807, 2.05) is 0 Å². The molecule has 0 unspecified atom stereocenters. The largest absolute Gasteiger partial charge is 0.316 e. The molecule has 0 spiro atoms. The van der Waals surface area contributed by atoms with Gasteiger partial charge in [0, 0.05) is 0 Å². The number of amides is 1. The molecule has 0 saturated heterocycles. The topological polar surface area (TPSA) is 80.7 Å². The summed E-state index contributed by atoms with van der Waals surface area (Å²) in [5, 5.41) is 6.41. The van der Waals surface area contributed by atoms with E-state index in [0.717, 1.165) is 11.5 Å². The summed E-state index contributed by atoms with van der Waals surface area (Å²) in [6, 6.07) is 0. The zero-order valence-electron chi connectivity index (χ0n) is 8.44. The number of carbonyl (C=O) groups is 1. The highest BCUT2D eigenvalue weighted by atomic mass is 35.5. The predicted octanol–water partition coefficient (Wildman–Crippen LogP) is 2.20. The summed E-state index contributed by atoms with van der Waals surface area (Å²) in [7, 11) is 0. The van der Waals surface area contributed by atoms with Crippen LogP contribution >= 0.6 is 34.7 Å². The normalized spacial score (nSPS) is 10.3. The van der Waals surface area contributed by atoms with Gasteiger partial charge in [0.1, 0.15) is 16.9 Å². The monoisotopic (exact) mass is 289 g/mol. The van der Waals surface area contributed by atoms with Crippen molar-refractivity contribution >= 4 is 46.3 Å². The molecule has 6 nitrogen and oxygen atoms in total. The highest BCUT2D eigenvalue weighted by Crippen LogP contribution is 2.26. The Morgan fingerprint density at radius 2 is 2.00 bits per heavy atom. The van der Waals surface area contributed by atoms with Gasteiger partial charge in [0.05, 0.1) is 5.69 Å². The maximum absolute atomic E-state index is 11.8. The van der Waals surface area contributed by atoms with Crippen LogP contribution in [0.4, 0.5) is 5.69 Å². The third-order valence-corrected chi connectivity index (χ3v) is 3.25. The molecule has 0 aromatic carbocycles. The summed E-state index contributed by atoms with van der Waals surface area (Å²) in [5.41, 5.74) is 0.713. The molecule has 0 aliphatic rings. The summed E-state index contributed by atoms with van der Waals surface area (Å²) < 4.78 is 3.66. The van der Waals surface area contributed by atoms with Crippen LogP contribution in [0.15, 0.2) is 6.33 Å². The molecular formula is C8H5Cl2N5OS. The molecule has 88 valence electrons. The third kappa shape index (κ3) is 2.51. The smallest absolute Gasteiger partial charge is 0.269 e.